The van der Waals surface area contributed by atoms with Crippen LogP contribution in [-0.2, 0) is 9.48 Å². The van der Waals surface area contributed by atoms with Gasteiger partial charge in [-0.25, -0.2) is 9.97 Å². The fraction of sp³-hybridized carbons (Fsp3) is 0.231. The number of carbonyl (C=O) groups excluding carboxylic acids is 1. The lowest BCUT2D eigenvalue weighted by Crippen LogP contribution is -2.35. The van der Waals surface area contributed by atoms with Crippen LogP contribution in [0, 0.1) is 5.95 Å². The van der Waals surface area contributed by atoms with E-state index in [9.17, 15) is 4.79 Å². The number of fused-ring (bicyclic) bond motifs is 4. The Balaban J connectivity index is 1.44. The van der Waals surface area contributed by atoms with Crippen molar-refractivity contribution >= 4 is 45.7 Å². The molecule has 188 valence electrons. The van der Waals surface area contributed by atoms with Gasteiger partial charge in [-0.05, 0) is 54.8 Å². The van der Waals surface area contributed by atoms with Crippen LogP contribution in [0.3, 0.4) is 0 Å². The molecule has 37 heavy (non-hydrogen) atoms. The van der Waals surface area contributed by atoms with Crippen molar-refractivity contribution in [1.29, 1.82) is 0 Å². The molecule has 1 atom stereocenters. The Morgan fingerprint density at radius 1 is 1.22 bits per heavy atom. The summed E-state index contributed by atoms with van der Waals surface area (Å²) < 4.78 is 26.1. The van der Waals surface area contributed by atoms with Gasteiger partial charge in [0.05, 0.1) is 28.7 Å². The second kappa shape index (κ2) is 9.44. The number of halogens is 2. The van der Waals surface area contributed by atoms with Crippen molar-refractivity contribution < 1.29 is 18.7 Å². The molecule has 2 aromatic heterocycles. The number of benzene rings is 1. The van der Waals surface area contributed by atoms with Crippen molar-refractivity contribution in [1.82, 2.24) is 9.97 Å². The number of aromatic nitrogens is 2. The molecule has 11 heteroatoms. The van der Waals surface area contributed by atoms with Gasteiger partial charge in [0.15, 0.2) is 10.9 Å². The Hall–Kier alpha value is -3.47. The van der Waals surface area contributed by atoms with Crippen LogP contribution in [0.2, 0.25) is 5.02 Å². The first-order valence-electron chi connectivity index (χ1n) is 11.7. The second-order valence-electron chi connectivity index (χ2n) is 8.76. The number of thioether (sulfide) groups is 1. The summed E-state index contributed by atoms with van der Waals surface area (Å²) in [6.07, 6.45) is 4.53. The van der Waals surface area contributed by atoms with Crippen LogP contribution in [0.1, 0.15) is 40.2 Å². The number of nitrogens with one attached hydrogen (secondary N) is 1. The van der Waals surface area contributed by atoms with Crippen molar-refractivity contribution in [3.05, 3.63) is 82.2 Å². The van der Waals surface area contributed by atoms with Crippen LogP contribution in [0.15, 0.2) is 53.7 Å². The number of amides is 1. The lowest BCUT2D eigenvalue weighted by atomic mass is 9.83. The van der Waals surface area contributed by atoms with Crippen LogP contribution >= 0.6 is 23.4 Å². The molecule has 0 saturated carbocycles. The summed E-state index contributed by atoms with van der Waals surface area (Å²) in [7, 11) is 0. The van der Waals surface area contributed by atoms with Crippen molar-refractivity contribution in [2.75, 3.05) is 25.1 Å². The molecule has 1 spiro atoms. The van der Waals surface area contributed by atoms with Gasteiger partial charge < -0.3 is 20.5 Å². The Morgan fingerprint density at radius 2 is 2.11 bits per heavy atom. The highest BCUT2D eigenvalue weighted by Crippen LogP contribution is 2.58. The quantitative estimate of drug-likeness (QED) is 0.446. The van der Waals surface area contributed by atoms with Gasteiger partial charge in [0.1, 0.15) is 11.4 Å². The van der Waals surface area contributed by atoms with Crippen molar-refractivity contribution in [3.63, 3.8) is 0 Å². The average molecular weight is 538 g/mol. The van der Waals surface area contributed by atoms with E-state index in [0.717, 1.165) is 11.1 Å². The van der Waals surface area contributed by atoms with Gasteiger partial charge in [0.2, 0.25) is 0 Å². The van der Waals surface area contributed by atoms with Gasteiger partial charge >= 0.3 is 0 Å². The minimum Gasteiger partial charge on any atom is -0.452 e. The largest absolute Gasteiger partial charge is 0.452 e. The van der Waals surface area contributed by atoms with E-state index in [-0.39, 0.29) is 17.4 Å². The summed E-state index contributed by atoms with van der Waals surface area (Å²) in [6.45, 7) is 1.47. The summed E-state index contributed by atoms with van der Waals surface area (Å²) in [5.74, 6) is -0.522. The van der Waals surface area contributed by atoms with Gasteiger partial charge in [0, 0.05) is 29.6 Å². The Morgan fingerprint density at radius 3 is 2.86 bits per heavy atom. The molecule has 3 aliphatic heterocycles. The van der Waals surface area contributed by atoms with Crippen LogP contribution in [0.4, 0.5) is 10.1 Å². The first-order chi connectivity index (χ1) is 17.9. The number of nitrogens with two attached hydrogens (primary N) is 1. The average Bonchev–Trinajstić information content (AvgIpc) is 2.90. The number of aliphatic imine (C=N–C) groups is 1. The number of rotatable bonds is 3. The minimum atomic E-state index is -0.779. The first-order valence-corrected chi connectivity index (χ1v) is 12.8. The Bertz CT molecular complexity index is 1480. The summed E-state index contributed by atoms with van der Waals surface area (Å²) in [5.41, 5.74) is 9.87. The third-order valence-electron chi connectivity index (χ3n) is 6.51. The van der Waals surface area contributed by atoms with Gasteiger partial charge in [-0.3, -0.25) is 9.79 Å². The number of amidine groups is 1. The second-order valence-corrected chi connectivity index (χ2v) is 10.5. The van der Waals surface area contributed by atoms with E-state index in [2.05, 4.69) is 20.3 Å². The summed E-state index contributed by atoms with van der Waals surface area (Å²) >= 11 is 7.25. The van der Waals surface area contributed by atoms with E-state index in [1.165, 1.54) is 18.0 Å². The van der Waals surface area contributed by atoms with E-state index >= 15 is 4.39 Å². The van der Waals surface area contributed by atoms with E-state index < -0.39 is 10.7 Å². The molecular weight excluding hydrogens is 517 g/mol. The molecule has 1 amide bonds. The maximum absolute atomic E-state index is 15.4. The number of hydrogen-bond donors (Lipinski definition) is 2. The van der Waals surface area contributed by atoms with Gasteiger partial charge in [-0.1, -0.05) is 29.4 Å². The number of ether oxygens (including phenoxy) is 2. The first kappa shape index (κ1) is 23.9. The standard InChI is InChI=1S/C26H21ClFN5O3S/c27-15-1-3-19(31-13-15)24(34)32-16-2-4-21-17(11-16)26(7-8-30-25(29)37-26)18-12-20(14-5-9-35-10-6-14)33-23(28)22(18)36-21/h1-5,11-13H,6-10H2,(H2,29,30)(H,32,34)/t26-/m0/s1. The van der Waals surface area contributed by atoms with E-state index in [4.69, 9.17) is 26.8 Å². The van der Waals surface area contributed by atoms with Gasteiger partial charge in [-0.2, -0.15) is 4.39 Å². The lowest BCUT2D eigenvalue weighted by molar-refractivity contribution is 0.102. The number of anilines is 1. The molecule has 3 N–H and O–H groups in total. The highest BCUT2D eigenvalue weighted by Gasteiger charge is 2.47. The maximum Gasteiger partial charge on any atom is 0.274 e. The third kappa shape index (κ3) is 4.35. The van der Waals surface area contributed by atoms with Crippen LogP contribution in [0.25, 0.3) is 5.57 Å². The molecule has 0 radical (unpaired) electrons. The van der Waals surface area contributed by atoms with Crippen molar-refractivity contribution in [2.24, 2.45) is 10.7 Å². The highest BCUT2D eigenvalue weighted by molar-refractivity contribution is 8.14. The summed E-state index contributed by atoms with van der Waals surface area (Å²) in [5, 5.41) is 3.72. The fourth-order valence-corrected chi connectivity index (χ4v) is 6.11. The lowest BCUT2D eigenvalue weighted by Gasteiger charge is -2.41. The monoisotopic (exact) mass is 537 g/mol. The predicted octanol–water partition coefficient (Wildman–Crippen LogP) is 5.13. The zero-order valence-corrected chi connectivity index (χ0v) is 21.0. The zero-order chi connectivity index (χ0) is 25.6. The van der Waals surface area contributed by atoms with Gasteiger partial charge in [-0.15, -0.1) is 0 Å². The fourth-order valence-electron chi connectivity index (χ4n) is 4.76. The molecule has 0 aliphatic carbocycles. The smallest absolute Gasteiger partial charge is 0.274 e. The number of nitrogens with zero attached hydrogens (tertiary/aromatic N) is 3. The molecular formula is C26H21ClFN5O3S. The Kier molecular flexibility index (Phi) is 6.10. The molecule has 1 aromatic carbocycles. The number of pyridine rings is 2. The van der Waals surface area contributed by atoms with Crippen LogP contribution < -0.4 is 15.8 Å². The van der Waals surface area contributed by atoms with Crippen molar-refractivity contribution in [3.8, 4) is 11.5 Å². The highest BCUT2D eigenvalue weighted by atomic mass is 35.5. The summed E-state index contributed by atoms with van der Waals surface area (Å²) in [4.78, 5) is 25.5. The molecule has 0 saturated heterocycles. The number of carbonyl (C=O) groups is 1. The normalized spacial score (nSPS) is 20.3. The summed E-state index contributed by atoms with van der Waals surface area (Å²) in [6, 6.07) is 10.3. The number of hydrogen-bond acceptors (Lipinski definition) is 8. The minimum absolute atomic E-state index is 0.0771. The third-order valence-corrected chi connectivity index (χ3v) is 8.07. The molecule has 3 aromatic rings. The van der Waals surface area contributed by atoms with E-state index in [0.29, 0.717) is 65.5 Å². The Labute approximate surface area is 221 Å². The SMILES string of the molecule is NC1=NCC[C@]2(S1)c1cc(NC(=O)c3ccc(Cl)cn3)ccc1Oc1c2cc(C2=CCOCC2)nc1F. The molecule has 3 aliphatic rings. The molecule has 0 fully saturated rings. The van der Waals surface area contributed by atoms with Crippen LogP contribution in [-0.4, -0.2) is 40.8 Å². The predicted molar refractivity (Wildman–Crippen MR) is 141 cm³/mol. The van der Waals surface area contributed by atoms with Crippen LogP contribution in [0.5, 0.6) is 11.5 Å². The maximum atomic E-state index is 15.4. The van der Waals surface area contributed by atoms with Gasteiger partial charge in [0.25, 0.3) is 11.9 Å². The zero-order valence-electron chi connectivity index (χ0n) is 19.5. The van der Waals surface area contributed by atoms with Crippen molar-refractivity contribution in [2.45, 2.75) is 17.6 Å². The molecule has 0 bridgehead atoms. The molecule has 0 unspecified atom stereocenters. The molecule has 8 nitrogen and oxygen atoms in total. The van der Waals surface area contributed by atoms with E-state index in [1.807, 2.05) is 18.2 Å². The molecule has 5 heterocycles. The topological polar surface area (TPSA) is 112 Å². The molecule has 6 rings (SSSR count). The van der Waals surface area contributed by atoms with E-state index in [1.54, 1.807) is 24.3 Å².